The molecule has 2 aliphatic carbocycles. The van der Waals surface area contributed by atoms with Gasteiger partial charge in [0.15, 0.2) is 0 Å². The number of hydrogen-bond acceptors (Lipinski definition) is 14. The summed E-state index contributed by atoms with van der Waals surface area (Å²) in [5, 5.41) is 20.3. The van der Waals surface area contributed by atoms with E-state index in [1.165, 1.54) is 37.3 Å². The quantitative estimate of drug-likeness (QED) is 0.150. The molecular formula is C30H32O14. The van der Waals surface area contributed by atoms with E-state index in [0.29, 0.717) is 12.8 Å². The van der Waals surface area contributed by atoms with Gasteiger partial charge in [0.05, 0.1) is 12.5 Å². The molecule has 1 saturated heterocycles. The fourth-order valence-electron chi connectivity index (χ4n) is 5.54. The molecule has 14 heteroatoms. The van der Waals surface area contributed by atoms with E-state index in [1.807, 2.05) is 0 Å². The summed E-state index contributed by atoms with van der Waals surface area (Å²) in [4.78, 5) is 62.0. The highest BCUT2D eigenvalue weighted by atomic mass is 16.8. The molecule has 2 N–H and O–H groups in total. The third-order valence-electron chi connectivity index (χ3n) is 8.09. The largest absolute Gasteiger partial charge is 0.481 e. The summed E-state index contributed by atoms with van der Waals surface area (Å²) in [6, 6.07) is 0. The van der Waals surface area contributed by atoms with Crippen LogP contribution in [0.4, 0.5) is 0 Å². The Balaban J connectivity index is 1.15. The van der Waals surface area contributed by atoms with Crippen molar-refractivity contribution in [3.8, 4) is 0 Å². The van der Waals surface area contributed by atoms with Gasteiger partial charge in [-0.2, -0.15) is 0 Å². The highest BCUT2D eigenvalue weighted by molar-refractivity contribution is 6.15. The molecule has 0 amide bonds. The molecule has 3 spiro atoms. The Kier molecular flexibility index (Phi) is 8.19. The van der Waals surface area contributed by atoms with Crippen LogP contribution in [0.3, 0.4) is 0 Å². The van der Waals surface area contributed by atoms with E-state index in [-0.39, 0.29) is 73.7 Å². The molecule has 44 heavy (non-hydrogen) atoms. The summed E-state index contributed by atoms with van der Waals surface area (Å²) in [5.74, 6) is -9.54. The van der Waals surface area contributed by atoms with E-state index in [4.69, 9.17) is 33.2 Å². The molecule has 0 unspecified atom stereocenters. The first-order chi connectivity index (χ1) is 20.9. The van der Waals surface area contributed by atoms with Crippen molar-refractivity contribution in [2.45, 2.75) is 82.6 Å². The van der Waals surface area contributed by atoms with Crippen molar-refractivity contribution in [3.05, 3.63) is 59.0 Å². The minimum atomic E-state index is -1.57. The molecular weight excluding hydrogens is 584 g/mol. The van der Waals surface area contributed by atoms with Crippen LogP contribution in [0.5, 0.6) is 0 Å². The van der Waals surface area contributed by atoms with Crippen molar-refractivity contribution in [3.63, 3.8) is 0 Å². The predicted octanol–water partition coefficient (Wildman–Crippen LogP) is 3.25. The average molecular weight is 617 g/mol. The molecule has 3 aliphatic heterocycles. The van der Waals surface area contributed by atoms with E-state index < -0.39 is 53.1 Å². The predicted molar refractivity (Wildman–Crippen MR) is 143 cm³/mol. The van der Waals surface area contributed by atoms with E-state index in [0.717, 1.165) is 0 Å². The lowest BCUT2D eigenvalue weighted by Crippen LogP contribution is -2.54. The zero-order chi connectivity index (χ0) is 31.7. The molecule has 2 saturated carbocycles. The lowest BCUT2D eigenvalue weighted by Gasteiger charge is -2.45. The number of carbonyl (C=O) groups is 5. The van der Waals surface area contributed by atoms with Crippen LogP contribution in [0.15, 0.2) is 59.0 Å². The second-order valence-electron chi connectivity index (χ2n) is 11.0. The molecule has 0 aromatic heterocycles. The number of allylic oxidation sites excluding steroid dienone is 4. The molecule has 0 aromatic rings. The van der Waals surface area contributed by atoms with Gasteiger partial charge in [-0.1, -0.05) is 18.2 Å². The van der Waals surface area contributed by atoms with Crippen LogP contribution in [0, 0.1) is 5.92 Å². The fraction of sp³-hybridized carbons (Fsp3) is 0.500. The van der Waals surface area contributed by atoms with Crippen LogP contribution >= 0.6 is 0 Å². The molecule has 14 nitrogen and oxygen atoms in total. The van der Waals surface area contributed by atoms with Crippen molar-refractivity contribution in [2.75, 3.05) is 6.61 Å². The van der Waals surface area contributed by atoms with Crippen LogP contribution in [-0.4, -0.2) is 64.0 Å². The monoisotopic (exact) mass is 616 g/mol. The number of rotatable bonds is 5. The highest BCUT2D eigenvalue weighted by Crippen LogP contribution is 2.46. The fourth-order valence-corrected chi connectivity index (χ4v) is 5.54. The maximum Gasteiger partial charge on any atom is 0.348 e. The first kappa shape index (κ1) is 30.7. The number of aliphatic hydroxyl groups excluding tert-OH is 2. The number of hydrogen-bond donors (Lipinski definition) is 2. The smallest absolute Gasteiger partial charge is 0.348 e. The van der Waals surface area contributed by atoms with Gasteiger partial charge in [0.25, 0.3) is 29.3 Å². The number of ether oxygens (including phenoxy) is 7. The Morgan fingerprint density at radius 2 is 1.27 bits per heavy atom. The van der Waals surface area contributed by atoms with Crippen molar-refractivity contribution >= 4 is 29.8 Å². The maximum absolute atomic E-state index is 12.7. The topological polar surface area (TPSA) is 190 Å². The van der Waals surface area contributed by atoms with Gasteiger partial charge in [-0.25, -0.2) is 19.2 Å². The second kappa shape index (κ2) is 11.7. The Morgan fingerprint density at radius 1 is 0.750 bits per heavy atom. The van der Waals surface area contributed by atoms with Gasteiger partial charge < -0.3 is 43.4 Å². The van der Waals surface area contributed by atoms with E-state index in [9.17, 15) is 34.2 Å². The van der Waals surface area contributed by atoms with Crippen molar-refractivity contribution in [2.24, 2.45) is 5.92 Å². The van der Waals surface area contributed by atoms with Crippen LogP contribution in [0.25, 0.3) is 0 Å². The Labute approximate surface area is 251 Å². The molecule has 0 aromatic carbocycles. The highest BCUT2D eigenvalue weighted by Gasteiger charge is 2.56. The first-order valence-electron chi connectivity index (χ1n) is 14.3. The molecule has 3 heterocycles. The van der Waals surface area contributed by atoms with E-state index >= 15 is 0 Å². The number of aliphatic hydroxyl groups is 2. The average Bonchev–Trinajstić information content (AvgIpc) is 2.96. The minimum absolute atomic E-state index is 0.00443. The second-order valence-corrected chi connectivity index (χ2v) is 11.0. The Morgan fingerprint density at radius 3 is 1.84 bits per heavy atom. The first-order valence-corrected chi connectivity index (χ1v) is 14.3. The van der Waals surface area contributed by atoms with Crippen LogP contribution in [0.2, 0.25) is 0 Å². The van der Waals surface area contributed by atoms with Gasteiger partial charge in [-0.3, -0.25) is 4.79 Å². The van der Waals surface area contributed by atoms with Gasteiger partial charge in [-0.15, -0.1) is 0 Å². The zero-order valence-electron chi connectivity index (χ0n) is 24.1. The molecule has 3 fully saturated rings. The minimum Gasteiger partial charge on any atom is -0.481 e. The molecule has 0 atom stereocenters. The maximum atomic E-state index is 12.7. The molecule has 236 valence electrons. The van der Waals surface area contributed by atoms with Crippen molar-refractivity contribution in [1.82, 2.24) is 0 Å². The van der Waals surface area contributed by atoms with Crippen molar-refractivity contribution in [1.29, 1.82) is 0 Å². The third kappa shape index (κ3) is 6.01. The van der Waals surface area contributed by atoms with E-state index in [2.05, 4.69) is 0 Å². The molecule has 5 aliphatic rings. The lowest BCUT2D eigenvalue weighted by molar-refractivity contribution is -0.297. The van der Waals surface area contributed by atoms with Crippen LogP contribution in [-0.2, 0) is 57.1 Å². The number of esters is 5. The van der Waals surface area contributed by atoms with Gasteiger partial charge in [0, 0.05) is 38.5 Å². The normalized spacial score (nSPS) is 32.4. The molecule has 0 bridgehead atoms. The molecule has 5 rings (SSSR count). The summed E-state index contributed by atoms with van der Waals surface area (Å²) in [7, 11) is 0. The molecule has 0 radical (unpaired) electrons. The van der Waals surface area contributed by atoms with Gasteiger partial charge in [0.2, 0.25) is 0 Å². The van der Waals surface area contributed by atoms with E-state index in [1.54, 1.807) is 6.92 Å². The SMILES string of the molecule is CCOC(=O)C1CCC2(CC1)OC(=O)C(/C=C/C=C/C=C1C(=O)OC3(CCC4(CC3)OC(=O)C(C)=C(O)O4)OC1=O)=C(O)O2. The lowest BCUT2D eigenvalue weighted by atomic mass is 9.84. The summed E-state index contributed by atoms with van der Waals surface area (Å²) < 4.78 is 37.7. The standard InChI is InChI=1S/C30H32O14/c1-3-38-23(33)18-9-11-28(12-10-18)41-24(34)19(25(35)42-28)7-5-4-6-8-20-26(36)43-30(44-27(20)37)15-13-29(14-16-30)39-21(31)17(2)22(32)40-29/h4-8,18,31,34H,3,9-16H2,1-2H3/b6-4+,7-5+,20-8?. The summed E-state index contributed by atoms with van der Waals surface area (Å²) >= 11 is 0. The van der Waals surface area contributed by atoms with Gasteiger partial charge in [0.1, 0.15) is 16.7 Å². The summed E-state index contributed by atoms with van der Waals surface area (Å²) in [6.45, 7) is 3.35. The Hall–Kier alpha value is -4.75. The third-order valence-corrected chi connectivity index (χ3v) is 8.09. The Bertz CT molecular complexity index is 1390. The summed E-state index contributed by atoms with van der Waals surface area (Å²) in [5.41, 5.74) is -0.676. The zero-order valence-corrected chi connectivity index (χ0v) is 24.1. The van der Waals surface area contributed by atoms with Crippen LogP contribution < -0.4 is 0 Å². The van der Waals surface area contributed by atoms with Gasteiger partial charge >= 0.3 is 29.8 Å². The van der Waals surface area contributed by atoms with Gasteiger partial charge in [-0.05, 0) is 38.8 Å². The number of carbonyl (C=O) groups excluding carboxylic acids is 5. The van der Waals surface area contributed by atoms with Crippen molar-refractivity contribution < 1.29 is 67.3 Å². The summed E-state index contributed by atoms with van der Waals surface area (Å²) in [6.07, 6.45) is 7.63. The van der Waals surface area contributed by atoms with Crippen LogP contribution in [0.1, 0.15) is 65.2 Å².